The fourth-order valence-corrected chi connectivity index (χ4v) is 3.41. The largest absolute Gasteiger partial charge is 0.463 e. The number of hydrogen-bond acceptors (Lipinski definition) is 6. The van der Waals surface area contributed by atoms with Crippen molar-refractivity contribution < 1.29 is 13.6 Å². The summed E-state index contributed by atoms with van der Waals surface area (Å²) in [6.45, 7) is 1.79. The highest BCUT2D eigenvalue weighted by atomic mass is 35.5. The fourth-order valence-electron chi connectivity index (χ4n) is 2.50. The molecule has 0 bridgehead atoms. The van der Waals surface area contributed by atoms with Gasteiger partial charge in [0, 0.05) is 6.20 Å². The Kier molecular flexibility index (Phi) is 5.23. The first-order chi connectivity index (χ1) is 13.6. The predicted molar refractivity (Wildman–Crippen MR) is 107 cm³/mol. The van der Waals surface area contributed by atoms with Crippen molar-refractivity contribution in [2.24, 2.45) is 0 Å². The van der Waals surface area contributed by atoms with Crippen LogP contribution in [0.1, 0.15) is 6.92 Å². The lowest BCUT2D eigenvalue weighted by atomic mass is 10.2. The summed E-state index contributed by atoms with van der Waals surface area (Å²) >= 11 is 7.10. The summed E-state index contributed by atoms with van der Waals surface area (Å²) in [5.41, 5.74) is 1.31. The molecule has 0 aromatic carbocycles. The van der Waals surface area contributed by atoms with E-state index < -0.39 is 5.25 Å². The summed E-state index contributed by atoms with van der Waals surface area (Å²) in [5, 5.41) is 3.42. The van der Waals surface area contributed by atoms with Crippen molar-refractivity contribution in [3.05, 3.63) is 60.1 Å². The topological polar surface area (TPSA) is 97.0 Å². The zero-order valence-corrected chi connectivity index (χ0v) is 16.3. The number of H-pyrrole nitrogens is 1. The lowest BCUT2D eigenvalue weighted by molar-refractivity contribution is -0.115. The van der Waals surface area contributed by atoms with Crippen molar-refractivity contribution in [3.8, 4) is 22.9 Å². The van der Waals surface area contributed by atoms with Crippen LogP contribution in [0, 0.1) is 0 Å². The molecular weight excluding hydrogens is 400 g/mol. The van der Waals surface area contributed by atoms with Crippen molar-refractivity contribution in [2.45, 2.75) is 17.3 Å². The van der Waals surface area contributed by atoms with E-state index in [1.54, 1.807) is 43.7 Å². The second-order valence-corrected chi connectivity index (χ2v) is 7.60. The minimum atomic E-state index is -0.419. The van der Waals surface area contributed by atoms with Crippen LogP contribution in [-0.4, -0.2) is 26.1 Å². The van der Waals surface area contributed by atoms with E-state index in [0.29, 0.717) is 38.9 Å². The fraction of sp³-hybridized carbons (Fsp3) is 0.105. The molecule has 1 amide bonds. The second kappa shape index (κ2) is 7.95. The monoisotopic (exact) mass is 414 g/mol. The average Bonchev–Trinajstić information content (AvgIpc) is 3.44. The molecule has 0 aliphatic heterocycles. The van der Waals surface area contributed by atoms with E-state index in [9.17, 15) is 4.79 Å². The first kappa shape index (κ1) is 18.4. The second-order valence-electron chi connectivity index (χ2n) is 5.83. The number of pyridine rings is 1. The van der Waals surface area contributed by atoms with Gasteiger partial charge in [-0.05, 0) is 43.3 Å². The standard InChI is InChI=1S/C19H15ClN4O3S/c1-11(18(25)22-15-7-6-12(20)10-21-15)28-19-23-16(13-4-2-8-26-13)17(24-19)14-5-3-9-27-14/h2-11H,1H3,(H,23,24)(H,21,22,25). The van der Waals surface area contributed by atoms with E-state index in [1.165, 1.54) is 18.0 Å². The summed E-state index contributed by atoms with van der Waals surface area (Å²) in [7, 11) is 0. The van der Waals surface area contributed by atoms with E-state index in [0.717, 1.165) is 0 Å². The molecule has 0 aliphatic rings. The van der Waals surface area contributed by atoms with E-state index in [2.05, 4.69) is 20.3 Å². The number of halogens is 1. The summed E-state index contributed by atoms with van der Waals surface area (Å²) in [4.78, 5) is 24.3. The molecular formula is C19H15ClN4O3S. The Hall–Kier alpha value is -2.97. The zero-order chi connectivity index (χ0) is 19.5. The van der Waals surface area contributed by atoms with Gasteiger partial charge in [0.2, 0.25) is 5.91 Å². The van der Waals surface area contributed by atoms with E-state index >= 15 is 0 Å². The number of furan rings is 2. The lowest BCUT2D eigenvalue weighted by Gasteiger charge is -2.09. The van der Waals surface area contributed by atoms with Gasteiger partial charge >= 0.3 is 0 Å². The number of imidazole rings is 1. The van der Waals surface area contributed by atoms with Crippen LogP contribution in [0.3, 0.4) is 0 Å². The van der Waals surface area contributed by atoms with E-state index in [-0.39, 0.29) is 5.91 Å². The molecule has 2 N–H and O–H groups in total. The van der Waals surface area contributed by atoms with Crippen molar-refractivity contribution in [2.75, 3.05) is 5.32 Å². The predicted octanol–water partition coefficient (Wildman–Crippen LogP) is 5.10. The highest BCUT2D eigenvalue weighted by Gasteiger charge is 2.22. The van der Waals surface area contributed by atoms with Crippen LogP contribution in [0.2, 0.25) is 5.02 Å². The third-order valence-electron chi connectivity index (χ3n) is 3.84. The Labute approximate surface area is 169 Å². The lowest BCUT2D eigenvalue weighted by Crippen LogP contribution is -2.23. The molecule has 1 atom stereocenters. The third-order valence-corrected chi connectivity index (χ3v) is 5.05. The molecule has 0 radical (unpaired) electrons. The Morgan fingerprint density at radius 3 is 2.57 bits per heavy atom. The smallest absolute Gasteiger partial charge is 0.238 e. The number of aromatic amines is 1. The quantitative estimate of drug-likeness (QED) is 0.426. The van der Waals surface area contributed by atoms with Crippen LogP contribution in [-0.2, 0) is 4.79 Å². The molecule has 28 heavy (non-hydrogen) atoms. The number of carbonyl (C=O) groups excluding carboxylic acids is 1. The molecule has 0 fully saturated rings. The maximum absolute atomic E-state index is 12.5. The van der Waals surface area contributed by atoms with Crippen LogP contribution in [0.15, 0.2) is 69.1 Å². The first-order valence-electron chi connectivity index (χ1n) is 8.37. The van der Waals surface area contributed by atoms with Gasteiger partial charge in [-0.25, -0.2) is 9.97 Å². The number of aromatic nitrogens is 3. The van der Waals surface area contributed by atoms with Crippen molar-refractivity contribution in [3.63, 3.8) is 0 Å². The van der Waals surface area contributed by atoms with Gasteiger partial charge in [0.05, 0.1) is 22.8 Å². The summed E-state index contributed by atoms with van der Waals surface area (Å²) in [6, 6.07) is 10.5. The number of hydrogen-bond donors (Lipinski definition) is 2. The SMILES string of the molecule is CC(Sc1nc(-c2ccco2)c(-c2ccco2)[nH]1)C(=O)Nc1ccc(Cl)cn1. The summed E-state index contributed by atoms with van der Waals surface area (Å²) in [6.07, 6.45) is 4.65. The maximum Gasteiger partial charge on any atom is 0.238 e. The number of carbonyl (C=O) groups is 1. The Bertz CT molecular complexity index is 1010. The first-order valence-corrected chi connectivity index (χ1v) is 9.63. The molecule has 4 rings (SSSR count). The minimum Gasteiger partial charge on any atom is -0.463 e. The number of anilines is 1. The van der Waals surface area contributed by atoms with Gasteiger partial charge in [-0.15, -0.1) is 0 Å². The van der Waals surface area contributed by atoms with Crippen molar-refractivity contribution in [1.82, 2.24) is 15.0 Å². The Morgan fingerprint density at radius 2 is 1.93 bits per heavy atom. The zero-order valence-electron chi connectivity index (χ0n) is 14.7. The number of thioether (sulfide) groups is 1. The molecule has 0 spiro atoms. The van der Waals surface area contributed by atoms with E-state index in [4.69, 9.17) is 20.4 Å². The molecule has 0 aliphatic carbocycles. The van der Waals surface area contributed by atoms with Gasteiger partial charge in [0.1, 0.15) is 17.2 Å². The molecule has 4 aromatic heterocycles. The molecule has 1 unspecified atom stereocenters. The molecule has 4 aromatic rings. The normalized spacial score (nSPS) is 12.1. The van der Waals surface area contributed by atoms with Crippen molar-refractivity contribution in [1.29, 1.82) is 0 Å². The maximum atomic E-state index is 12.5. The van der Waals surface area contributed by atoms with Crippen LogP contribution in [0.5, 0.6) is 0 Å². The third kappa shape index (κ3) is 3.97. The molecule has 4 heterocycles. The number of rotatable bonds is 6. The number of nitrogens with zero attached hydrogens (tertiary/aromatic N) is 2. The van der Waals surface area contributed by atoms with E-state index in [1.807, 2.05) is 12.1 Å². The van der Waals surface area contributed by atoms with Gasteiger partial charge in [-0.1, -0.05) is 23.4 Å². The van der Waals surface area contributed by atoms with Gasteiger partial charge in [0.15, 0.2) is 16.7 Å². The van der Waals surface area contributed by atoms with Gasteiger partial charge in [0.25, 0.3) is 0 Å². The number of nitrogens with one attached hydrogen (secondary N) is 2. The van der Waals surface area contributed by atoms with Gasteiger partial charge in [-0.2, -0.15) is 0 Å². The summed E-state index contributed by atoms with van der Waals surface area (Å²) < 4.78 is 11.0. The molecule has 7 nitrogen and oxygen atoms in total. The van der Waals surface area contributed by atoms with Crippen LogP contribution < -0.4 is 5.32 Å². The Morgan fingerprint density at radius 1 is 1.18 bits per heavy atom. The highest BCUT2D eigenvalue weighted by molar-refractivity contribution is 8.00. The van der Waals surface area contributed by atoms with Gasteiger partial charge < -0.3 is 19.1 Å². The van der Waals surface area contributed by atoms with Gasteiger partial charge in [-0.3, -0.25) is 4.79 Å². The Balaban J connectivity index is 1.53. The number of amides is 1. The van der Waals surface area contributed by atoms with Crippen LogP contribution in [0.25, 0.3) is 22.9 Å². The average molecular weight is 415 g/mol. The minimum absolute atomic E-state index is 0.199. The molecule has 0 saturated heterocycles. The van der Waals surface area contributed by atoms with Crippen molar-refractivity contribution >= 4 is 35.1 Å². The van der Waals surface area contributed by atoms with Crippen LogP contribution >= 0.6 is 23.4 Å². The highest BCUT2D eigenvalue weighted by Crippen LogP contribution is 2.34. The summed E-state index contributed by atoms with van der Waals surface area (Å²) in [5.74, 6) is 1.48. The van der Waals surface area contributed by atoms with Crippen LogP contribution in [0.4, 0.5) is 5.82 Å². The molecule has 142 valence electrons. The molecule has 9 heteroatoms. The molecule has 0 saturated carbocycles.